The number of carbonyl (C=O) groups is 1. The Morgan fingerprint density at radius 3 is 2.74 bits per heavy atom. The van der Waals surface area contributed by atoms with E-state index in [2.05, 4.69) is 20.7 Å². The Bertz CT molecular complexity index is 539. The fourth-order valence-electron chi connectivity index (χ4n) is 2.06. The van der Waals surface area contributed by atoms with Gasteiger partial charge in [0.1, 0.15) is 0 Å². The Balaban J connectivity index is 1.62. The molecule has 6 nitrogen and oxygen atoms in total. The topological polar surface area (TPSA) is 79.8 Å². The van der Waals surface area contributed by atoms with Gasteiger partial charge in [0.2, 0.25) is 11.8 Å². The molecular formula is C15H21BrN2O4S. The second-order valence-corrected chi connectivity index (χ2v) is 7.62. The summed E-state index contributed by atoms with van der Waals surface area (Å²) in [6, 6.07) is 7.93. The van der Waals surface area contributed by atoms with Crippen molar-refractivity contribution < 1.29 is 19.2 Å². The summed E-state index contributed by atoms with van der Waals surface area (Å²) in [5.74, 6) is 1.21. The molecule has 0 spiro atoms. The van der Waals surface area contributed by atoms with Crippen LogP contribution in [0.5, 0.6) is 0 Å². The number of nitrogens with one attached hydrogen (secondary N) is 2. The minimum Gasteiger partial charge on any atom is -0.306 e. The number of rotatable bonds is 8. The van der Waals surface area contributed by atoms with E-state index < -0.39 is 11.4 Å². The van der Waals surface area contributed by atoms with Crippen LogP contribution in [0.2, 0.25) is 0 Å². The van der Waals surface area contributed by atoms with Crippen molar-refractivity contribution >= 4 is 39.3 Å². The number of halogens is 1. The molecule has 0 bridgehead atoms. The molecule has 0 radical (unpaired) electrons. The summed E-state index contributed by atoms with van der Waals surface area (Å²) in [7, 11) is 0. The van der Waals surface area contributed by atoms with E-state index in [0.717, 1.165) is 41.5 Å². The van der Waals surface area contributed by atoms with Gasteiger partial charge in [-0.1, -0.05) is 40.9 Å². The third kappa shape index (κ3) is 6.82. The molecular weight excluding hydrogens is 384 g/mol. The third-order valence-corrected chi connectivity index (χ3v) is 5.23. The van der Waals surface area contributed by atoms with E-state index in [1.807, 2.05) is 30.3 Å². The fourth-order valence-corrected chi connectivity index (χ4v) is 3.57. The van der Waals surface area contributed by atoms with E-state index in [1.54, 1.807) is 5.48 Å². The standard InChI is InChI=1S/C15H21BrN2O4S/c16-13-8-6-12(7-9-13)11-15-18-23(22-21-15)10-4-2-1-3-5-14(19)17-20/h6-9,11,18,20,23H,1-5,10H2,(H,17,19)/b15-11-. The molecule has 1 aliphatic heterocycles. The Morgan fingerprint density at radius 1 is 1.26 bits per heavy atom. The maximum Gasteiger partial charge on any atom is 0.243 e. The molecule has 23 heavy (non-hydrogen) atoms. The van der Waals surface area contributed by atoms with Gasteiger partial charge in [-0.05, 0) is 41.9 Å². The average molecular weight is 405 g/mol. The lowest BCUT2D eigenvalue weighted by Gasteiger charge is -2.09. The van der Waals surface area contributed by atoms with Crippen molar-refractivity contribution in [3.8, 4) is 0 Å². The highest BCUT2D eigenvalue weighted by molar-refractivity contribution is 9.10. The molecule has 128 valence electrons. The van der Waals surface area contributed by atoms with E-state index >= 15 is 0 Å². The van der Waals surface area contributed by atoms with E-state index in [-0.39, 0.29) is 5.91 Å². The van der Waals surface area contributed by atoms with Crippen LogP contribution in [0.25, 0.3) is 6.08 Å². The molecule has 1 unspecified atom stereocenters. The first-order valence-electron chi connectivity index (χ1n) is 7.46. The zero-order chi connectivity index (χ0) is 16.5. The predicted molar refractivity (Wildman–Crippen MR) is 94.3 cm³/mol. The molecule has 0 saturated carbocycles. The first kappa shape index (κ1) is 18.1. The van der Waals surface area contributed by atoms with Crippen molar-refractivity contribution in [2.75, 3.05) is 5.75 Å². The highest BCUT2D eigenvalue weighted by Gasteiger charge is 2.17. The largest absolute Gasteiger partial charge is 0.306 e. The quantitative estimate of drug-likeness (QED) is 0.175. The molecule has 8 heteroatoms. The lowest BCUT2D eigenvalue weighted by molar-refractivity contribution is -0.135. The van der Waals surface area contributed by atoms with Crippen LogP contribution in [0.3, 0.4) is 0 Å². The number of unbranched alkanes of at least 4 members (excludes halogenated alkanes) is 3. The molecule has 1 aliphatic rings. The van der Waals surface area contributed by atoms with Crippen LogP contribution in [0.1, 0.15) is 37.7 Å². The van der Waals surface area contributed by atoms with Crippen LogP contribution in [0.15, 0.2) is 34.6 Å². The summed E-state index contributed by atoms with van der Waals surface area (Å²) in [4.78, 5) is 16.1. The summed E-state index contributed by atoms with van der Waals surface area (Å²) in [6.45, 7) is 0. The SMILES string of the molecule is O=C(CCCCCC[SH]1N/C(=C/c2ccc(Br)cc2)OO1)NO. The normalized spacial score (nSPS) is 20.1. The lowest BCUT2D eigenvalue weighted by atomic mass is 10.1. The highest BCUT2D eigenvalue weighted by Crippen LogP contribution is 2.33. The molecule has 3 N–H and O–H groups in total. The zero-order valence-corrected chi connectivity index (χ0v) is 15.1. The predicted octanol–water partition coefficient (Wildman–Crippen LogP) is 3.59. The summed E-state index contributed by atoms with van der Waals surface area (Å²) >= 11 is 2.61. The van der Waals surface area contributed by atoms with Gasteiger partial charge in [-0.3, -0.25) is 14.7 Å². The number of hydrogen-bond acceptors (Lipinski definition) is 5. The van der Waals surface area contributed by atoms with Crippen LogP contribution < -0.4 is 10.2 Å². The molecule has 0 aliphatic carbocycles. The van der Waals surface area contributed by atoms with Crippen molar-refractivity contribution in [2.45, 2.75) is 32.1 Å². The smallest absolute Gasteiger partial charge is 0.243 e. The third-order valence-electron chi connectivity index (χ3n) is 3.26. The Labute approximate surface area is 146 Å². The zero-order valence-electron chi connectivity index (χ0n) is 12.6. The van der Waals surface area contributed by atoms with Crippen LogP contribution >= 0.6 is 27.3 Å². The van der Waals surface area contributed by atoms with Gasteiger partial charge in [-0.2, -0.15) is 0 Å². The number of amides is 1. The van der Waals surface area contributed by atoms with Gasteiger partial charge in [0.05, 0.1) is 0 Å². The van der Waals surface area contributed by atoms with Crippen LogP contribution in [-0.2, 0) is 14.0 Å². The van der Waals surface area contributed by atoms with Crippen molar-refractivity contribution in [3.63, 3.8) is 0 Å². The number of hydroxylamine groups is 1. The summed E-state index contributed by atoms with van der Waals surface area (Å²) in [6.07, 6.45) is 6.04. The van der Waals surface area contributed by atoms with Gasteiger partial charge in [0, 0.05) is 22.7 Å². The van der Waals surface area contributed by atoms with Gasteiger partial charge >= 0.3 is 0 Å². The van der Waals surface area contributed by atoms with Gasteiger partial charge in [-0.25, -0.2) is 5.48 Å². The van der Waals surface area contributed by atoms with Gasteiger partial charge in [-0.15, -0.1) is 4.33 Å². The number of benzene rings is 1. The maximum absolute atomic E-state index is 10.8. The van der Waals surface area contributed by atoms with E-state index in [4.69, 9.17) is 14.4 Å². The first-order valence-corrected chi connectivity index (χ1v) is 9.70. The molecule has 1 atom stereocenters. The highest BCUT2D eigenvalue weighted by atomic mass is 79.9. The van der Waals surface area contributed by atoms with Crippen LogP contribution in [0, 0.1) is 0 Å². The van der Waals surface area contributed by atoms with Gasteiger partial charge in [0.25, 0.3) is 0 Å². The second kappa shape index (κ2) is 9.82. The molecule has 1 amide bonds. The summed E-state index contributed by atoms with van der Waals surface area (Å²) in [5.41, 5.74) is 2.68. The van der Waals surface area contributed by atoms with E-state index in [1.165, 1.54) is 0 Å². The first-order chi connectivity index (χ1) is 11.2. The Hall–Kier alpha value is -1.22. The van der Waals surface area contributed by atoms with Crippen molar-refractivity contribution in [2.24, 2.45) is 0 Å². The molecule has 1 saturated heterocycles. The molecule has 1 aromatic rings. The monoisotopic (exact) mass is 404 g/mol. The van der Waals surface area contributed by atoms with Crippen molar-refractivity contribution in [3.05, 3.63) is 40.2 Å². The second-order valence-electron chi connectivity index (χ2n) is 5.13. The van der Waals surface area contributed by atoms with Crippen molar-refractivity contribution in [1.29, 1.82) is 0 Å². The fraction of sp³-hybridized carbons (Fsp3) is 0.400. The van der Waals surface area contributed by atoms with Gasteiger partial charge < -0.3 is 4.89 Å². The molecule has 2 rings (SSSR count). The van der Waals surface area contributed by atoms with Crippen LogP contribution in [0.4, 0.5) is 0 Å². The van der Waals surface area contributed by atoms with E-state index in [0.29, 0.717) is 12.3 Å². The summed E-state index contributed by atoms with van der Waals surface area (Å²) in [5, 5.41) is 8.38. The maximum atomic E-state index is 10.8. The molecule has 1 heterocycles. The minimum atomic E-state index is -0.792. The molecule has 0 aromatic heterocycles. The minimum absolute atomic E-state index is 0.328. The number of thiol groups is 1. The number of carbonyl (C=O) groups excluding carboxylic acids is 1. The van der Waals surface area contributed by atoms with Crippen molar-refractivity contribution in [1.82, 2.24) is 10.2 Å². The van der Waals surface area contributed by atoms with E-state index in [9.17, 15) is 4.79 Å². The number of hydrogen-bond donors (Lipinski definition) is 4. The lowest BCUT2D eigenvalue weighted by Crippen LogP contribution is -2.17. The van der Waals surface area contributed by atoms with Gasteiger partial charge in [0.15, 0.2) is 0 Å². The molecule has 1 fully saturated rings. The van der Waals surface area contributed by atoms with Crippen LogP contribution in [-0.4, -0.2) is 16.9 Å². The Morgan fingerprint density at radius 2 is 2.00 bits per heavy atom. The average Bonchev–Trinajstić information content (AvgIpc) is 3.00. The summed E-state index contributed by atoms with van der Waals surface area (Å²) < 4.78 is 9.58. The Kier molecular flexibility index (Phi) is 7.73. The molecule has 1 aromatic carbocycles.